The minimum absolute atomic E-state index is 0. The van der Waals surface area contributed by atoms with E-state index in [1.807, 2.05) is 0 Å². The molecule has 0 amide bonds. The summed E-state index contributed by atoms with van der Waals surface area (Å²) in [4.78, 5) is 29.8. The first-order valence-corrected chi connectivity index (χ1v) is 16.4. The van der Waals surface area contributed by atoms with Crippen LogP contribution in [0.4, 0.5) is 198 Å². The maximum atomic E-state index is 13.4. The number of hydrogen-bond donors (Lipinski definition) is 5. The van der Waals surface area contributed by atoms with E-state index in [9.17, 15) is 212 Å². The van der Waals surface area contributed by atoms with Crippen molar-refractivity contribution in [1.82, 2.24) is 0 Å². The smallest absolute Gasteiger partial charge is 0.459 e. The number of aliphatic hydroxyl groups is 5. The van der Waals surface area contributed by atoms with Gasteiger partial charge < -0.3 is 31.7 Å². The zero-order chi connectivity index (χ0) is 68.4. The third-order valence-corrected chi connectivity index (χ3v) is 7.24. The summed E-state index contributed by atoms with van der Waals surface area (Å²) in [5.41, 5.74) is -21.3. The number of carbonyl (C=O) groups is 3. The highest BCUT2D eigenvalue weighted by atomic mass is 19.5. The zero-order valence-corrected chi connectivity index (χ0v) is 34.9. The Kier molecular flexibility index (Phi) is 26.0. The number of esters is 1. The fourth-order valence-corrected chi connectivity index (χ4v) is 3.39. The molecule has 0 bridgehead atoms. The van der Waals surface area contributed by atoms with Crippen molar-refractivity contribution >= 4 is 17.5 Å². The van der Waals surface area contributed by atoms with Crippen molar-refractivity contribution in [3.63, 3.8) is 0 Å². The molecule has 54 heteroatoms. The normalized spacial score (nSPS) is 15.7. The molecule has 2 atom stereocenters. The number of Topliss-reactive ketones (excluding diaryl/α,β-unsaturated/α-hetero) is 2. The van der Waals surface area contributed by atoms with Crippen molar-refractivity contribution in [2.45, 2.75) is 133 Å². The van der Waals surface area contributed by atoms with Gasteiger partial charge >= 0.3 is 132 Å². The van der Waals surface area contributed by atoms with E-state index in [0.29, 0.717) is 0 Å². The van der Waals surface area contributed by atoms with Gasteiger partial charge in [0.15, 0.2) is 0 Å². The maximum Gasteiger partial charge on any atom is 0.459 e. The molecule has 81 heavy (non-hydrogen) atoms. The third kappa shape index (κ3) is 19.9. The number of carbonyl (C=O) groups excluding carboxylic acids is 3. The minimum Gasteiger partial charge on any atom is -1.00 e. The molecule has 0 radical (unpaired) electrons. The van der Waals surface area contributed by atoms with Gasteiger partial charge in [-0.05, 0) is 0 Å². The lowest BCUT2D eigenvalue weighted by Gasteiger charge is -2.41. The third-order valence-electron chi connectivity index (χ3n) is 7.24. The van der Waals surface area contributed by atoms with Crippen molar-refractivity contribution in [2.24, 2.45) is 0 Å². The van der Waals surface area contributed by atoms with E-state index in [4.69, 9.17) is 25.5 Å². The number of rotatable bonds is 8. The van der Waals surface area contributed by atoms with Gasteiger partial charge in [-0.3, -0.25) is 9.59 Å². The fraction of sp³-hybridized carbons (Fsp3) is 0.815. The summed E-state index contributed by atoms with van der Waals surface area (Å²) in [5, 5.41) is 39.9. The average molecular weight is 1340 g/mol. The Bertz CT molecular complexity index is 1970. The lowest BCUT2D eigenvalue weighted by atomic mass is 9.89. The molecule has 0 rings (SSSR count). The van der Waals surface area contributed by atoms with Gasteiger partial charge in [0, 0.05) is 6.08 Å². The van der Waals surface area contributed by atoms with Crippen LogP contribution in [0.2, 0.25) is 0 Å². The van der Waals surface area contributed by atoms with Crippen molar-refractivity contribution in [3.8, 4) is 0 Å². The molecule has 0 aromatic heterocycles. The second-order valence-corrected chi connectivity index (χ2v) is 13.1. The van der Waals surface area contributed by atoms with Crippen LogP contribution >= 0.6 is 0 Å². The Morgan fingerprint density at radius 3 is 0.679 bits per heavy atom. The quantitative estimate of drug-likeness (QED) is 0.0905. The standard InChI is InChI=1S/C9H5F11O3.C6H3F11O2.C6HF11O2.C3H2F6O.C3F6O.H/c1-2-3(21)23-4(6(12,13)14)5(10,11)7(22,8(15,16)17)9(18,19)20;2*7-2(8,1(18)3(9,10)11)4(19,5(12,13)14)6(15,16)17;2*4-2(5,6)1(10)3(7,8)9;/h2,4,22H,1H2;1,18-19H;19H;1,10H;;/q;;;;;-1. The van der Waals surface area contributed by atoms with E-state index >= 15 is 0 Å². The van der Waals surface area contributed by atoms with Gasteiger partial charge in [0.05, 0.1) is 0 Å². The molecule has 0 saturated carbocycles. The molecule has 0 heterocycles. The van der Waals surface area contributed by atoms with Crippen molar-refractivity contribution in [1.29, 1.82) is 0 Å². The number of hydrogen-bond acceptors (Lipinski definition) is 9. The molecule has 0 fully saturated rings. The highest BCUT2D eigenvalue weighted by molar-refractivity contribution is 5.92. The first-order chi connectivity index (χ1) is 34.0. The van der Waals surface area contributed by atoms with Gasteiger partial charge in [0.1, 0.15) is 0 Å². The molecule has 490 valence electrons. The predicted molar refractivity (Wildman–Crippen MR) is 152 cm³/mol. The van der Waals surface area contributed by atoms with E-state index in [2.05, 4.69) is 11.3 Å². The second-order valence-electron chi connectivity index (χ2n) is 13.1. The predicted octanol–water partition coefficient (Wildman–Crippen LogP) is 11.4. The molecule has 0 saturated heterocycles. The summed E-state index contributed by atoms with van der Waals surface area (Å²) < 4.78 is 535. The Morgan fingerprint density at radius 2 is 0.543 bits per heavy atom. The van der Waals surface area contributed by atoms with Crippen LogP contribution in [-0.2, 0) is 19.1 Å². The van der Waals surface area contributed by atoms with Crippen molar-refractivity contribution in [3.05, 3.63) is 12.7 Å². The molecule has 0 aromatic rings. The minimum atomic E-state index is -7.28. The van der Waals surface area contributed by atoms with Crippen LogP contribution in [-0.4, -0.2) is 176 Å². The largest absolute Gasteiger partial charge is 1.00 e. The molecule has 0 aliphatic carbocycles. The molecule has 5 N–H and O–H groups in total. The lowest BCUT2D eigenvalue weighted by Crippen LogP contribution is -2.73. The number of aliphatic hydroxyl groups excluding tert-OH is 2. The Balaban J connectivity index is -0.000000227. The molecular weight excluding hydrogens is 1320 g/mol. The van der Waals surface area contributed by atoms with Crippen LogP contribution in [0.5, 0.6) is 0 Å². The topological polar surface area (TPSA) is 162 Å². The molecule has 0 aliphatic rings. The molecule has 0 aliphatic heterocycles. The number of ether oxygens (including phenoxy) is 1. The Labute approximate surface area is 408 Å². The highest BCUT2D eigenvalue weighted by Gasteiger charge is 2.89. The van der Waals surface area contributed by atoms with Gasteiger partial charge in [-0.2, -0.15) is 198 Å². The first-order valence-electron chi connectivity index (χ1n) is 16.4. The van der Waals surface area contributed by atoms with Gasteiger partial charge in [-0.1, -0.05) is 6.58 Å². The summed E-state index contributed by atoms with van der Waals surface area (Å²) in [5.74, 6) is -32.0. The molecule has 0 aromatic carbocycles. The Morgan fingerprint density at radius 1 is 0.333 bits per heavy atom. The van der Waals surface area contributed by atoms with E-state index in [-0.39, 0.29) is 7.50 Å². The first kappa shape index (κ1) is 85.0. The van der Waals surface area contributed by atoms with E-state index < -0.39 is 151 Å². The van der Waals surface area contributed by atoms with E-state index in [1.165, 1.54) is 0 Å². The lowest BCUT2D eigenvalue weighted by molar-refractivity contribution is -0.446. The van der Waals surface area contributed by atoms with Gasteiger partial charge in [0.25, 0.3) is 6.10 Å². The molecule has 9 nitrogen and oxygen atoms in total. The summed E-state index contributed by atoms with van der Waals surface area (Å²) in [7, 11) is 0. The Hall–Kier alpha value is -4.80. The van der Waals surface area contributed by atoms with Crippen molar-refractivity contribution < 1.29 is 244 Å². The van der Waals surface area contributed by atoms with Crippen LogP contribution in [0, 0.1) is 0 Å². The fourth-order valence-electron chi connectivity index (χ4n) is 3.39. The van der Waals surface area contributed by atoms with Crippen LogP contribution in [0.1, 0.15) is 1.43 Å². The maximum absolute atomic E-state index is 13.4. The van der Waals surface area contributed by atoms with Crippen LogP contribution in [0.3, 0.4) is 0 Å². The van der Waals surface area contributed by atoms with E-state index in [1.54, 1.807) is 0 Å². The molecule has 2 unspecified atom stereocenters. The van der Waals surface area contributed by atoms with Crippen LogP contribution in [0.25, 0.3) is 0 Å². The summed E-state index contributed by atoms with van der Waals surface area (Å²) in [6, 6.07) is 0. The summed E-state index contributed by atoms with van der Waals surface area (Å²) in [6.45, 7) is 2.44. The highest BCUT2D eigenvalue weighted by Crippen LogP contribution is 2.58. The zero-order valence-electron chi connectivity index (χ0n) is 35.9. The van der Waals surface area contributed by atoms with Gasteiger partial charge in [-0.25, -0.2) is 4.79 Å². The second kappa shape index (κ2) is 24.8. The van der Waals surface area contributed by atoms with Gasteiger partial charge in [-0.15, -0.1) is 0 Å². The van der Waals surface area contributed by atoms with Gasteiger partial charge in [0.2, 0.25) is 12.2 Å². The van der Waals surface area contributed by atoms with Crippen molar-refractivity contribution in [2.75, 3.05) is 0 Å². The number of halogens is 45. The van der Waals surface area contributed by atoms with Crippen LogP contribution < -0.4 is 0 Å². The van der Waals surface area contributed by atoms with E-state index in [0.717, 1.165) is 0 Å². The average Bonchev–Trinajstić information content (AvgIpc) is 3.16. The number of alkyl halides is 45. The molecular formula is C27H12F45O9-. The summed E-state index contributed by atoms with van der Waals surface area (Å²) >= 11 is 0. The molecule has 0 spiro atoms. The SMILES string of the molecule is C=CC(=O)OC(C(F)(F)F)C(F)(F)C(O)(C(F)(F)F)C(F)(F)F.O=C(C(F)(F)F)C(F)(F)C(O)(C(F)(F)F)C(F)(F)F.O=C(C(F)(F)F)C(F)(F)F.OC(C(F)(F)F)C(F)(F)C(O)(C(F)(F)F)C(F)(F)F.OC(C(F)(F)F)C(F)(F)F.[H-]. The number of ketones is 2. The van der Waals surface area contributed by atoms with Crippen LogP contribution in [0.15, 0.2) is 12.7 Å². The summed E-state index contributed by atoms with van der Waals surface area (Å²) in [6.07, 6.45) is -101. The monoisotopic (exact) mass is 1330 g/mol.